The van der Waals surface area contributed by atoms with Gasteiger partial charge in [-0.05, 0) is 38.5 Å². The van der Waals surface area contributed by atoms with Gasteiger partial charge >= 0.3 is 0 Å². The summed E-state index contributed by atoms with van der Waals surface area (Å²) in [5, 5.41) is 2.94. The van der Waals surface area contributed by atoms with E-state index in [-0.39, 0.29) is 30.6 Å². The zero-order chi connectivity index (χ0) is 19.6. The Morgan fingerprint density at radius 3 is 2.26 bits per heavy atom. The van der Waals surface area contributed by atoms with Gasteiger partial charge in [0.1, 0.15) is 0 Å². The minimum Gasteiger partial charge on any atom is -0.490 e. The number of ketones is 1. The second-order valence-corrected chi connectivity index (χ2v) is 6.15. The Labute approximate surface area is 160 Å². The summed E-state index contributed by atoms with van der Waals surface area (Å²) in [6.45, 7) is 6.83. The molecule has 0 saturated heterocycles. The van der Waals surface area contributed by atoms with Crippen molar-refractivity contribution in [3.05, 3.63) is 59.7 Å². The first-order chi connectivity index (χ1) is 13.0. The molecule has 0 aliphatic carbocycles. The van der Waals surface area contributed by atoms with Gasteiger partial charge in [-0.15, -0.1) is 0 Å². The van der Waals surface area contributed by atoms with E-state index in [1.165, 1.54) is 0 Å². The van der Waals surface area contributed by atoms with Gasteiger partial charge < -0.3 is 14.8 Å². The first-order valence-electron chi connectivity index (χ1n) is 9.32. The van der Waals surface area contributed by atoms with Crippen molar-refractivity contribution in [1.82, 2.24) is 5.32 Å². The fraction of sp³-hybridized carbons (Fsp3) is 0.364. The molecule has 1 atom stereocenters. The first kappa shape index (κ1) is 20.5. The van der Waals surface area contributed by atoms with Crippen molar-refractivity contribution in [2.45, 2.75) is 39.7 Å². The predicted octanol–water partition coefficient (Wildman–Crippen LogP) is 4.32. The summed E-state index contributed by atoms with van der Waals surface area (Å²) >= 11 is 0. The fourth-order valence-corrected chi connectivity index (χ4v) is 2.73. The molecule has 0 aliphatic heterocycles. The molecular formula is C22H27NO4. The molecule has 0 radical (unpaired) electrons. The van der Waals surface area contributed by atoms with Crippen molar-refractivity contribution < 1.29 is 19.1 Å². The van der Waals surface area contributed by atoms with E-state index in [2.05, 4.69) is 5.32 Å². The van der Waals surface area contributed by atoms with Gasteiger partial charge in [0.05, 0.1) is 19.3 Å². The van der Waals surface area contributed by atoms with E-state index in [1.807, 2.05) is 57.2 Å². The minimum atomic E-state index is -0.195. The number of carbonyl (C=O) groups is 2. The van der Waals surface area contributed by atoms with Crippen LogP contribution in [0.4, 0.5) is 0 Å². The number of hydrogen-bond acceptors (Lipinski definition) is 4. The number of hydrogen-bond donors (Lipinski definition) is 1. The zero-order valence-corrected chi connectivity index (χ0v) is 16.2. The topological polar surface area (TPSA) is 64.6 Å². The third-order valence-corrected chi connectivity index (χ3v) is 4.12. The molecule has 0 saturated carbocycles. The molecule has 27 heavy (non-hydrogen) atoms. The highest BCUT2D eigenvalue weighted by molar-refractivity contribution is 5.97. The van der Waals surface area contributed by atoms with Crippen LogP contribution in [0.25, 0.3) is 0 Å². The molecule has 0 aliphatic rings. The molecule has 2 aromatic rings. The maximum Gasteiger partial charge on any atom is 0.220 e. The van der Waals surface area contributed by atoms with Crippen molar-refractivity contribution in [3.63, 3.8) is 0 Å². The second-order valence-electron chi connectivity index (χ2n) is 6.15. The number of Topliss-reactive ketones (excluding diaryl/α,β-unsaturated/α-hetero) is 1. The lowest BCUT2D eigenvalue weighted by Crippen LogP contribution is -2.27. The van der Waals surface area contributed by atoms with Gasteiger partial charge in [-0.25, -0.2) is 0 Å². The number of benzene rings is 2. The Morgan fingerprint density at radius 2 is 1.59 bits per heavy atom. The maximum absolute atomic E-state index is 12.2. The smallest absolute Gasteiger partial charge is 0.220 e. The van der Waals surface area contributed by atoms with E-state index in [9.17, 15) is 9.59 Å². The van der Waals surface area contributed by atoms with Crippen molar-refractivity contribution in [2.75, 3.05) is 13.2 Å². The van der Waals surface area contributed by atoms with Crippen LogP contribution in [0.3, 0.4) is 0 Å². The molecule has 1 N–H and O–H groups in total. The standard InChI is InChI=1S/C22H27NO4/c1-4-26-20-13-11-18(15-21(20)27-5-2)16(3)23-22(25)14-12-19(24)17-9-7-6-8-10-17/h6-11,13,15-16H,4-5,12,14H2,1-3H3,(H,23,25). The molecular weight excluding hydrogens is 342 g/mol. The van der Waals surface area contributed by atoms with Crippen LogP contribution in [-0.2, 0) is 4.79 Å². The predicted molar refractivity (Wildman–Crippen MR) is 105 cm³/mol. The van der Waals surface area contributed by atoms with Gasteiger partial charge in [0.15, 0.2) is 17.3 Å². The molecule has 1 amide bonds. The lowest BCUT2D eigenvalue weighted by molar-refractivity contribution is -0.121. The molecule has 0 bridgehead atoms. The van der Waals surface area contributed by atoms with Gasteiger partial charge in [0.25, 0.3) is 0 Å². The Hall–Kier alpha value is -2.82. The first-order valence-corrected chi connectivity index (χ1v) is 9.32. The summed E-state index contributed by atoms with van der Waals surface area (Å²) in [5.74, 6) is 1.17. The van der Waals surface area contributed by atoms with Crippen LogP contribution in [-0.4, -0.2) is 24.9 Å². The number of ether oxygens (including phenoxy) is 2. The maximum atomic E-state index is 12.2. The molecule has 0 heterocycles. The van der Waals surface area contributed by atoms with E-state index in [0.29, 0.717) is 30.3 Å². The quantitative estimate of drug-likeness (QED) is 0.633. The molecule has 0 aromatic heterocycles. The lowest BCUT2D eigenvalue weighted by Gasteiger charge is -2.17. The summed E-state index contributed by atoms with van der Waals surface area (Å²) in [7, 11) is 0. The minimum absolute atomic E-state index is 0.0295. The second kappa shape index (κ2) is 10.4. The van der Waals surface area contributed by atoms with Crippen molar-refractivity contribution in [1.29, 1.82) is 0 Å². The normalized spacial score (nSPS) is 11.5. The number of rotatable bonds is 10. The highest BCUT2D eigenvalue weighted by Gasteiger charge is 2.14. The van der Waals surface area contributed by atoms with Crippen LogP contribution in [0, 0.1) is 0 Å². The van der Waals surface area contributed by atoms with E-state index >= 15 is 0 Å². The van der Waals surface area contributed by atoms with Crippen LogP contribution < -0.4 is 14.8 Å². The van der Waals surface area contributed by atoms with Gasteiger partial charge in [0, 0.05) is 18.4 Å². The monoisotopic (exact) mass is 369 g/mol. The Balaban J connectivity index is 1.93. The molecule has 1 unspecified atom stereocenters. The van der Waals surface area contributed by atoms with Gasteiger partial charge in [-0.2, -0.15) is 0 Å². The molecule has 2 rings (SSSR count). The number of amides is 1. The molecule has 0 fully saturated rings. The number of nitrogens with one attached hydrogen (secondary N) is 1. The average Bonchev–Trinajstić information content (AvgIpc) is 2.68. The fourth-order valence-electron chi connectivity index (χ4n) is 2.73. The summed E-state index contributed by atoms with van der Waals surface area (Å²) in [6.07, 6.45) is 0.351. The molecule has 5 nitrogen and oxygen atoms in total. The van der Waals surface area contributed by atoms with Crippen molar-refractivity contribution in [2.24, 2.45) is 0 Å². The Morgan fingerprint density at radius 1 is 0.926 bits per heavy atom. The van der Waals surface area contributed by atoms with Crippen LogP contribution in [0.5, 0.6) is 11.5 Å². The van der Waals surface area contributed by atoms with E-state index in [0.717, 1.165) is 5.56 Å². The third-order valence-electron chi connectivity index (χ3n) is 4.12. The molecule has 0 spiro atoms. The molecule has 144 valence electrons. The van der Waals surface area contributed by atoms with Gasteiger partial charge in [0.2, 0.25) is 5.91 Å². The largest absolute Gasteiger partial charge is 0.490 e. The number of carbonyl (C=O) groups excluding carboxylic acids is 2. The Kier molecular flexibility index (Phi) is 7.86. The average molecular weight is 369 g/mol. The van der Waals surface area contributed by atoms with E-state index < -0.39 is 0 Å². The van der Waals surface area contributed by atoms with Crippen LogP contribution in [0.15, 0.2) is 48.5 Å². The van der Waals surface area contributed by atoms with Crippen LogP contribution >= 0.6 is 0 Å². The summed E-state index contributed by atoms with van der Waals surface area (Å²) in [6, 6.07) is 14.5. The van der Waals surface area contributed by atoms with Gasteiger partial charge in [-0.3, -0.25) is 9.59 Å². The van der Waals surface area contributed by atoms with Crippen LogP contribution in [0.2, 0.25) is 0 Å². The van der Waals surface area contributed by atoms with Gasteiger partial charge in [-0.1, -0.05) is 36.4 Å². The highest BCUT2D eigenvalue weighted by Crippen LogP contribution is 2.30. The van der Waals surface area contributed by atoms with Crippen molar-refractivity contribution >= 4 is 11.7 Å². The SMILES string of the molecule is CCOc1ccc(C(C)NC(=O)CCC(=O)c2ccccc2)cc1OCC. The molecule has 5 heteroatoms. The summed E-state index contributed by atoms with van der Waals surface area (Å²) in [4.78, 5) is 24.3. The Bertz CT molecular complexity index is 758. The summed E-state index contributed by atoms with van der Waals surface area (Å²) < 4.78 is 11.2. The van der Waals surface area contributed by atoms with E-state index in [1.54, 1.807) is 12.1 Å². The zero-order valence-electron chi connectivity index (χ0n) is 16.2. The highest BCUT2D eigenvalue weighted by atomic mass is 16.5. The van der Waals surface area contributed by atoms with E-state index in [4.69, 9.17) is 9.47 Å². The molecule has 2 aromatic carbocycles. The third kappa shape index (κ3) is 6.13. The lowest BCUT2D eigenvalue weighted by atomic mass is 10.1. The summed E-state index contributed by atoms with van der Waals surface area (Å²) in [5.41, 5.74) is 1.55. The van der Waals surface area contributed by atoms with Crippen LogP contribution in [0.1, 0.15) is 55.6 Å². The van der Waals surface area contributed by atoms with Crippen molar-refractivity contribution in [3.8, 4) is 11.5 Å².